The summed E-state index contributed by atoms with van der Waals surface area (Å²) in [6.45, 7) is 1.54. The Morgan fingerprint density at radius 1 is 1.20 bits per heavy atom. The summed E-state index contributed by atoms with van der Waals surface area (Å²) in [4.78, 5) is 12.6. The molecular formula is C28H30N4O2S. The van der Waals surface area contributed by atoms with Crippen LogP contribution in [-0.2, 0) is 13.0 Å². The number of aliphatic hydroxyl groups excluding tert-OH is 1. The second-order valence-electron chi connectivity index (χ2n) is 9.16. The largest absolute Gasteiger partial charge is 0.497 e. The predicted octanol–water partition coefficient (Wildman–Crippen LogP) is 3.96. The van der Waals surface area contributed by atoms with E-state index in [0.29, 0.717) is 17.1 Å². The Morgan fingerprint density at radius 3 is 2.80 bits per heavy atom. The van der Waals surface area contributed by atoms with E-state index in [2.05, 4.69) is 51.0 Å². The summed E-state index contributed by atoms with van der Waals surface area (Å²) in [6.07, 6.45) is 4.75. The van der Waals surface area contributed by atoms with Crippen molar-refractivity contribution in [3.05, 3.63) is 77.2 Å². The highest BCUT2D eigenvalue weighted by Gasteiger charge is 2.46. The molecule has 1 saturated heterocycles. The molecule has 1 aliphatic heterocycles. The summed E-state index contributed by atoms with van der Waals surface area (Å²) in [5, 5.41) is 10.00. The minimum absolute atomic E-state index is 0.0803. The standard InChI is InChI=1S/C28H30N4O2S/c1-34-22-8-4-9-23(16-22)35-15-5-7-21-18-30-27(25(19-33)31-21)32-13-11-28(12-14-32)17-20-6-2-3-10-24(20)26(28)29/h2-4,6,8-10,16,18,26,33H,11-15,17,19,29H2,1H3/t26-/m1/s1. The van der Waals surface area contributed by atoms with Gasteiger partial charge in [-0.1, -0.05) is 36.3 Å². The minimum Gasteiger partial charge on any atom is -0.497 e. The van der Waals surface area contributed by atoms with E-state index in [9.17, 15) is 5.11 Å². The molecule has 1 aliphatic carbocycles. The number of methoxy groups -OCH3 is 1. The molecule has 5 rings (SSSR count). The Morgan fingerprint density at radius 2 is 2.03 bits per heavy atom. The van der Waals surface area contributed by atoms with Gasteiger partial charge in [0, 0.05) is 24.0 Å². The molecule has 1 aromatic heterocycles. The lowest BCUT2D eigenvalue weighted by Crippen LogP contribution is -2.45. The van der Waals surface area contributed by atoms with E-state index in [1.807, 2.05) is 24.3 Å². The summed E-state index contributed by atoms with van der Waals surface area (Å²) in [7, 11) is 1.66. The first-order chi connectivity index (χ1) is 17.1. The summed E-state index contributed by atoms with van der Waals surface area (Å²) in [6, 6.07) is 16.6. The Bertz CT molecular complexity index is 1260. The zero-order valence-electron chi connectivity index (χ0n) is 19.9. The number of rotatable bonds is 5. The molecule has 1 atom stereocenters. The van der Waals surface area contributed by atoms with Crippen LogP contribution in [0.5, 0.6) is 5.75 Å². The molecule has 2 heterocycles. The van der Waals surface area contributed by atoms with Crippen molar-refractivity contribution in [1.29, 1.82) is 0 Å². The quantitative estimate of drug-likeness (QED) is 0.417. The van der Waals surface area contributed by atoms with Gasteiger partial charge in [-0.25, -0.2) is 9.97 Å². The van der Waals surface area contributed by atoms with Crippen molar-refractivity contribution >= 4 is 17.6 Å². The normalized spacial score (nSPS) is 18.1. The highest BCUT2D eigenvalue weighted by atomic mass is 32.2. The molecule has 1 fully saturated rings. The van der Waals surface area contributed by atoms with Crippen LogP contribution in [0.4, 0.5) is 5.82 Å². The molecule has 3 aromatic rings. The van der Waals surface area contributed by atoms with Crippen LogP contribution in [-0.4, -0.2) is 41.0 Å². The van der Waals surface area contributed by atoms with Crippen LogP contribution in [0.3, 0.4) is 0 Å². The minimum atomic E-state index is -0.164. The van der Waals surface area contributed by atoms with Gasteiger partial charge in [0.25, 0.3) is 0 Å². The second-order valence-corrected chi connectivity index (χ2v) is 10.2. The van der Waals surface area contributed by atoms with Gasteiger partial charge in [0.15, 0.2) is 5.82 Å². The van der Waals surface area contributed by atoms with Crippen LogP contribution in [0, 0.1) is 17.3 Å². The van der Waals surface area contributed by atoms with Gasteiger partial charge < -0.3 is 20.5 Å². The third-order valence-corrected chi connectivity index (χ3v) is 8.07. The van der Waals surface area contributed by atoms with E-state index in [0.717, 1.165) is 48.8 Å². The molecule has 2 aliphatic rings. The summed E-state index contributed by atoms with van der Waals surface area (Å²) in [5.41, 5.74) is 10.7. The number of nitrogens with zero attached hydrogens (tertiary/aromatic N) is 3. The van der Waals surface area contributed by atoms with Crippen molar-refractivity contribution in [2.75, 3.05) is 30.9 Å². The van der Waals surface area contributed by atoms with Crippen molar-refractivity contribution in [1.82, 2.24) is 9.97 Å². The van der Waals surface area contributed by atoms with Gasteiger partial charge in [-0.05, 0) is 59.9 Å². The molecule has 0 radical (unpaired) electrons. The van der Waals surface area contributed by atoms with Gasteiger partial charge in [-0.15, -0.1) is 11.8 Å². The number of anilines is 1. The van der Waals surface area contributed by atoms with Gasteiger partial charge in [0.1, 0.15) is 17.1 Å². The highest BCUT2D eigenvalue weighted by Crippen LogP contribution is 2.51. The number of fused-ring (bicyclic) bond motifs is 1. The predicted molar refractivity (Wildman–Crippen MR) is 140 cm³/mol. The van der Waals surface area contributed by atoms with Crippen molar-refractivity contribution in [2.45, 2.75) is 36.8 Å². The highest BCUT2D eigenvalue weighted by molar-refractivity contribution is 7.99. The molecule has 0 saturated carbocycles. The molecule has 0 amide bonds. The van der Waals surface area contributed by atoms with E-state index in [1.165, 1.54) is 11.1 Å². The first-order valence-corrected chi connectivity index (χ1v) is 12.9. The Hall–Kier alpha value is -3.05. The molecule has 0 bridgehead atoms. The number of thioether (sulfide) groups is 1. The van der Waals surface area contributed by atoms with Crippen LogP contribution in [0.1, 0.15) is 41.4 Å². The van der Waals surface area contributed by atoms with Gasteiger partial charge in [0.2, 0.25) is 0 Å². The van der Waals surface area contributed by atoms with E-state index in [4.69, 9.17) is 10.5 Å². The fourth-order valence-electron chi connectivity index (χ4n) is 5.26. The van der Waals surface area contributed by atoms with E-state index >= 15 is 0 Å². The van der Waals surface area contributed by atoms with Gasteiger partial charge >= 0.3 is 0 Å². The Balaban J connectivity index is 1.22. The first-order valence-electron chi connectivity index (χ1n) is 11.9. The zero-order chi connectivity index (χ0) is 24.3. The average Bonchev–Trinajstić information content (AvgIpc) is 3.18. The third kappa shape index (κ3) is 4.87. The van der Waals surface area contributed by atoms with Gasteiger partial charge in [-0.2, -0.15) is 0 Å². The number of nitrogens with two attached hydrogens (primary N) is 1. The lowest BCUT2D eigenvalue weighted by Gasteiger charge is -2.42. The fraction of sp³-hybridized carbons (Fsp3) is 0.357. The number of piperidine rings is 1. The monoisotopic (exact) mass is 486 g/mol. The maximum atomic E-state index is 10.00. The van der Waals surface area contributed by atoms with Crippen molar-refractivity contribution in [3.8, 4) is 17.6 Å². The van der Waals surface area contributed by atoms with Crippen LogP contribution in [0.25, 0.3) is 0 Å². The number of hydrogen-bond donors (Lipinski definition) is 2. The van der Waals surface area contributed by atoms with Crippen molar-refractivity contribution < 1.29 is 9.84 Å². The maximum Gasteiger partial charge on any atom is 0.152 e. The average molecular weight is 487 g/mol. The zero-order valence-corrected chi connectivity index (χ0v) is 20.7. The van der Waals surface area contributed by atoms with E-state index in [1.54, 1.807) is 25.1 Å². The molecule has 3 N–H and O–H groups in total. The van der Waals surface area contributed by atoms with E-state index in [-0.39, 0.29) is 18.1 Å². The van der Waals surface area contributed by atoms with Gasteiger partial charge in [-0.3, -0.25) is 0 Å². The maximum absolute atomic E-state index is 10.00. The summed E-state index contributed by atoms with van der Waals surface area (Å²) < 4.78 is 5.26. The fourth-order valence-corrected chi connectivity index (χ4v) is 5.94. The lowest BCUT2D eigenvalue weighted by atomic mass is 9.73. The van der Waals surface area contributed by atoms with Crippen LogP contribution >= 0.6 is 11.8 Å². The number of ether oxygens (including phenoxy) is 1. The Labute approximate surface area is 210 Å². The summed E-state index contributed by atoms with van der Waals surface area (Å²) >= 11 is 1.64. The topological polar surface area (TPSA) is 84.5 Å². The molecule has 0 unspecified atom stereocenters. The number of hydrogen-bond acceptors (Lipinski definition) is 7. The molecule has 1 spiro atoms. The van der Waals surface area contributed by atoms with Crippen LogP contribution in [0.2, 0.25) is 0 Å². The molecule has 6 nitrogen and oxygen atoms in total. The van der Waals surface area contributed by atoms with Crippen molar-refractivity contribution in [3.63, 3.8) is 0 Å². The first kappa shape index (κ1) is 23.7. The number of benzene rings is 2. The van der Waals surface area contributed by atoms with E-state index < -0.39 is 0 Å². The molecule has 180 valence electrons. The second kappa shape index (κ2) is 10.3. The van der Waals surface area contributed by atoms with Crippen LogP contribution < -0.4 is 15.4 Å². The number of aromatic nitrogens is 2. The SMILES string of the molecule is COc1cccc(SCC#Cc2cnc(N3CCC4(CC3)Cc3ccccc3[C@H]4N)c(CO)n2)c1. The van der Waals surface area contributed by atoms with Crippen molar-refractivity contribution in [2.24, 2.45) is 11.1 Å². The number of aliphatic hydroxyl groups is 1. The third-order valence-electron chi connectivity index (χ3n) is 7.19. The molecule has 35 heavy (non-hydrogen) atoms. The summed E-state index contributed by atoms with van der Waals surface area (Å²) in [5.74, 6) is 8.44. The molecule has 2 aromatic carbocycles. The smallest absolute Gasteiger partial charge is 0.152 e. The molecule has 7 heteroatoms. The Kier molecular flexibility index (Phi) is 6.96. The van der Waals surface area contributed by atoms with Crippen LogP contribution in [0.15, 0.2) is 59.6 Å². The lowest BCUT2D eigenvalue weighted by molar-refractivity contribution is 0.186. The molecular weight excluding hydrogens is 456 g/mol. The van der Waals surface area contributed by atoms with Gasteiger partial charge in [0.05, 0.1) is 25.7 Å².